The molecule has 4 nitrogen and oxygen atoms in total. The molecule has 1 unspecified atom stereocenters. The zero-order chi connectivity index (χ0) is 7.56. The highest BCUT2D eigenvalue weighted by atomic mass is 16.6. The van der Waals surface area contributed by atoms with Crippen molar-refractivity contribution in [2.45, 2.75) is 13.3 Å². The predicted octanol–water partition coefficient (Wildman–Crippen LogP) is -0.851. The van der Waals surface area contributed by atoms with Crippen LogP contribution in [-0.4, -0.2) is 18.3 Å². The molecule has 0 spiro atoms. The lowest BCUT2D eigenvalue weighted by Crippen LogP contribution is -2.35. The summed E-state index contributed by atoms with van der Waals surface area (Å²) in [4.78, 5) is 14.8. The van der Waals surface area contributed by atoms with Crippen LogP contribution in [0.3, 0.4) is 0 Å². The second-order valence-corrected chi connectivity index (χ2v) is 2.16. The molecule has 1 aliphatic rings. The Bertz CT molecular complexity index is 176. The maximum absolute atomic E-state index is 10.2. The van der Waals surface area contributed by atoms with E-state index >= 15 is 0 Å². The molecule has 0 bridgehead atoms. The summed E-state index contributed by atoms with van der Waals surface area (Å²) >= 11 is 0. The van der Waals surface area contributed by atoms with E-state index in [2.05, 4.69) is 9.99 Å². The Morgan fingerprint density at radius 1 is 2.00 bits per heavy atom. The van der Waals surface area contributed by atoms with Crippen molar-refractivity contribution in [1.29, 1.82) is 0 Å². The van der Waals surface area contributed by atoms with Crippen molar-refractivity contribution in [2.24, 2.45) is 11.1 Å². The fourth-order valence-corrected chi connectivity index (χ4v) is 0.865. The third-order valence-corrected chi connectivity index (χ3v) is 1.53. The molecule has 0 aromatic rings. The first-order valence-corrected chi connectivity index (χ1v) is 3.17. The number of nitrogens with zero attached hydrogens (tertiary/aromatic N) is 1. The Morgan fingerprint density at radius 2 is 2.70 bits per heavy atom. The van der Waals surface area contributed by atoms with Crippen LogP contribution in [0, 0.1) is 5.92 Å². The lowest BCUT2D eigenvalue weighted by molar-refractivity contribution is -0.294. The normalized spacial score (nSPS) is 23.7. The Labute approximate surface area is 58.5 Å². The summed E-state index contributed by atoms with van der Waals surface area (Å²) < 4.78 is 0. The Balaban J connectivity index is 2.65. The molecular formula is C6H8NO3-. The average molecular weight is 142 g/mol. The van der Waals surface area contributed by atoms with E-state index in [4.69, 9.17) is 0 Å². The van der Waals surface area contributed by atoms with Gasteiger partial charge in [-0.25, -0.2) is 0 Å². The number of carboxylic acids is 1. The molecule has 0 amide bonds. The molecular weight excluding hydrogens is 134 g/mol. The van der Waals surface area contributed by atoms with Crippen LogP contribution in [0.5, 0.6) is 0 Å². The number of carbonyl (C=O) groups is 1. The van der Waals surface area contributed by atoms with E-state index in [1.807, 2.05) is 6.92 Å². The quantitative estimate of drug-likeness (QED) is 0.504. The maximum Gasteiger partial charge on any atom is 0.125 e. The van der Waals surface area contributed by atoms with Crippen LogP contribution in [0.1, 0.15) is 13.3 Å². The summed E-state index contributed by atoms with van der Waals surface area (Å²) in [5, 5.41) is 13.6. The van der Waals surface area contributed by atoms with Crippen molar-refractivity contribution in [3.63, 3.8) is 0 Å². The van der Waals surface area contributed by atoms with Gasteiger partial charge in [-0.15, -0.1) is 0 Å². The van der Waals surface area contributed by atoms with E-state index in [0.29, 0.717) is 6.61 Å². The standard InChI is InChI=1S/C6H9NO3/c1-2-4-3-10-7-5(4)6(8)9/h4H,2-3H2,1H3,(H,8,9)/p-1. The Hall–Kier alpha value is -1.06. The van der Waals surface area contributed by atoms with Crippen LogP contribution < -0.4 is 5.11 Å². The van der Waals surface area contributed by atoms with Gasteiger partial charge in [-0.1, -0.05) is 12.1 Å². The third-order valence-electron chi connectivity index (χ3n) is 1.53. The monoisotopic (exact) mass is 142 g/mol. The van der Waals surface area contributed by atoms with Crippen LogP contribution in [-0.2, 0) is 9.63 Å². The first-order valence-electron chi connectivity index (χ1n) is 3.17. The van der Waals surface area contributed by atoms with E-state index in [0.717, 1.165) is 6.42 Å². The largest absolute Gasteiger partial charge is 0.543 e. The SMILES string of the molecule is CCC1CON=C1C(=O)[O-]. The number of oxime groups is 1. The van der Waals surface area contributed by atoms with Gasteiger partial charge in [0, 0.05) is 5.92 Å². The Morgan fingerprint density at radius 3 is 3.10 bits per heavy atom. The van der Waals surface area contributed by atoms with Gasteiger partial charge in [0.15, 0.2) is 0 Å². The van der Waals surface area contributed by atoms with E-state index in [1.165, 1.54) is 0 Å². The zero-order valence-corrected chi connectivity index (χ0v) is 5.66. The number of aliphatic carboxylic acids is 1. The number of hydrogen-bond donors (Lipinski definition) is 0. The van der Waals surface area contributed by atoms with Gasteiger partial charge in [0.25, 0.3) is 0 Å². The molecule has 0 N–H and O–H groups in total. The minimum Gasteiger partial charge on any atom is -0.543 e. The molecule has 56 valence electrons. The highest BCUT2D eigenvalue weighted by Crippen LogP contribution is 2.12. The zero-order valence-electron chi connectivity index (χ0n) is 5.66. The van der Waals surface area contributed by atoms with Gasteiger partial charge < -0.3 is 14.7 Å². The second-order valence-electron chi connectivity index (χ2n) is 2.16. The summed E-state index contributed by atoms with van der Waals surface area (Å²) in [6, 6.07) is 0. The van der Waals surface area contributed by atoms with Gasteiger partial charge >= 0.3 is 0 Å². The van der Waals surface area contributed by atoms with Crippen molar-refractivity contribution < 1.29 is 14.7 Å². The van der Waals surface area contributed by atoms with Crippen LogP contribution in [0.2, 0.25) is 0 Å². The summed E-state index contributed by atoms with van der Waals surface area (Å²) in [7, 11) is 0. The number of hydrogen-bond acceptors (Lipinski definition) is 4. The van der Waals surface area contributed by atoms with E-state index in [1.54, 1.807) is 0 Å². The fraction of sp³-hybridized carbons (Fsp3) is 0.667. The smallest absolute Gasteiger partial charge is 0.125 e. The van der Waals surface area contributed by atoms with Gasteiger partial charge in [-0.05, 0) is 6.42 Å². The highest BCUT2D eigenvalue weighted by Gasteiger charge is 2.21. The van der Waals surface area contributed by atoms with Crippen LogP contribution in [0.15, 0.2) is 5.16 Å². The number of carbonyl (C=O) groups excluding carboxylic acids is 1. The van der Waals surface area contributed by atoms with Gasteiger partial charge in [-0.3, -0.25) is 0 Å². The summed E-state index contributed by atoms with van der Waals surface area (Å²) in [5.41, 5.74) is 0.0440. The van der Waals surface area contributed by atoms with Gasteiger partial charge in [0.2, 0.25) is 0 Å². The van der Waals surface area contributed by atoms with Crippen LogP contribution >= 0.6 is 0 Å². The third kappa shape index (κ3) is 1.10. The van der Waals surface area contributed by atoms with Crippen molar-refractivity contribution in [1.82, 2.24) is 0 Å². The molecule has 1 atom stereocenters. The summed E-state index contributed by atoms with van der Waals surface area (Å²) in [6.07, 6.45) is 0.729. The fourth-order valence-electron chi connectivity index (χ4n) is 0.865. The molecule has 1 aliphatic heterocycles. The van der Waals surface area contributed by atoms with Crippen molar-refractivity contribution in [3.05, 3.63) is 0 Å². The van der Waals surface area contributed by atoms with Crippen LogP contribution in [0.4, 0.5) is 0 Å². The number of rotatable bonds is 2. The van der Waals surface area contributed by atoms with Gasteiger partial charge in [0.1, 0.15) is 12.3 Å². The van der Waals surface area contributed by atoms with Crippen molar-refractivity contribution in [3.8, 4) is 0 Å². The van der Waals surface area contributed by atoms with E-state index < -0.39 is 5.97 Å². The molecule has 1 heterocycles. The minimum absolute atomic E-state index is 0.0440. The maximum atomic E-state index is 10.2. The molecule has 0 aromatic heterocycles. The van der Waals surface area contributed by atoms with Gasteiger partial charge in [0.05, 0.1) is 5.97 Å². The lowest BCUT2D eigenvalue weighted by atomic mass is 10.0. The predicted molar refractivity (Wildman–Crippen MR) is 32.2 cm³/mol. The molecule has 4 heteroatoms. The molecule has 1 rings (SSSR count). The van der Waals surface area contributed by atoms with E-state index in [9.17, 15) is 9.90 Å². The lowest BCUT2D eigenvalue weighted by Gasteiger charge is -2.06. The molecule has 0 saturated carbocycles. The molecule has 0 radical (unpaired) electrons. The van der Waals surface area contributed by atoms with Crippen LogP contribution in [0.25, 0.3) is 0 Å². The highest BCUT2D eigenvalue weighted by molar-refractivity contribution is 6.35. The Kier molecular flexibility index (Phi) is 1.89. The average Bonchev–Trinajstić information content (AvgIpc) is 2.33. The van der Waals surface area contributed by atoms with Crippen molar-refractivity contribution in [2.75, 3.05) is 6.61 Å². The summed E-state index contributed by atoms with van der Waals surface area (Å²) in [6.45, 7) is 2.26. The number of carboxylic acid groups (broad SMARTS) is 1. The summed E-state index contributed by atoms with van der Waals surface area (Å²) in [5.74, 6) is -1.30. The molecule has 0 aromatic carbocycles. The van der Waals surface area contributed by atoms with E-state index in [-0.39, 0.29) is 11.6 Å². The minimum atomic E-state index is -1.22. The molecule has 10 heavy (non-hydrogen) atoms. The molecule has 0 fully saturated rings. The van der Waals surface area contributed by atoms with Gasteiger partial charge in [-0.2, -0.15) is 0 Å². The first kappa shape index (κ1) is 7.05. The molecule has 0 saturated heterocycles. The molecule has 0 aliphatic carbocycles. The first-order chi connectivity index (χ1) is 4.75. The topological polar surface area (TPSA) is 61.7 Å². The van der Waals surface area contributed by atoms with Crippen molar-refractivity contribution >= 4 is 11.7 Å². The second kappa shape index (κ2) is 2.68.